The Morgan fingerprint density at radius 2 is 2.10 bits per heavy atom. The Morgan fingerprint density at radius 1 is 1.40 bits per heavy atom. The highest BCUT2D eigenvalue weighted by atomic mass is 16.6. The third kappa shape index (κ3) is 3.15. The molecule has 1 heterocycles. The first kappa shape index (κ1) is 14.5. The van der Waals surface area contributed by atoms with Crippen molar-refractivity contribution >= 4 is 17.5 Å². The van der Waals surface area contributed by atoms with E-state index in [4.69, 9.17) is 0 Å². The van der Waals surface area contributed by atoms with E-state index in [0.717, 1.165) is 6.54 Å². The number of rotatable bonds is 7. The fourth-order valence-corrected chi connectivity index (χ4v) is 2.20. The van der Waals surface area contributed by atoms with E-state index in [2.05, 4.69) is 15.3 Å². The Balaban J connectivity index is 2.41. The van der Waals surface area contributed by atoms with Crippen LogP contribution in [0.3, 0.4) is 0 Å². The molecule has 1 fully saturated rings. The van der Waals surface area contributed by atoms with Gasteiger partial charge >= 0.3 is 5.69 Å². The first-order valence-electron chi connectivity index (χ1n) is 7.08. The standard InChI is InChI=1S/C13H21N5O2/c1-4-14-13-15-9(3)11(18(19)20)12(16-13)17(5-2)8-10-6-7-10/h10H,4-8H2,1-3H3,(H,14,15,16). The van der Waals surface area contributed by atoms with Crippen molar-refractivity contribution in [2.24, 2.45) is 5.92 Å². The van der Waals surface area contributed by atoms with Crippen molar-refractivity contribution in [3.05, 3.63) is 15.8 Å². The smallest absolute Gasteiger partial charge is 0.332 e. The second-order valence-corrected chi connectivity index (χ2v) is 5.07. The molecule has 0 atom stereocenters. The van der Waals surface area contributed by atoms with Gasteiger partial charge in [-0.25, -0.2) is 4.98 Å². The highest BCUT2D eigenvalue weighted by Crippen LogP contribution is 2.35. The summed E-state index contributed by atoms with van der Waals surface area (Å²) in [6.07, 6.45) is 2.41. The molecule has 0 spiro atoms. The van der Waals surface area contributed by atoms with Gasteiger partial charge in [0, 0.05) is 19.6 Å². The molecule has 1 N–H and O–H groups in total. The van der Waals surface area contributed by atoms with Gasteiger partial charge in [0.2, 0.25) is 11.8 Å². The molecule has 0 bridgehead atoms. The molecule has 2 rings (SSSR count). The maximum atomic E-state index is 11.3. The summed E-state index contributed by atoms with van der Waals surface area (Å²) in [6.45, 7) is 7.83. The summed E-state index contributed by atoms with van der Waals surface area (Å²) in [4.78, 5) is 21.4. The van der Waals surface area contributed by atoms with Gasteiger partial charge in [-0.2, -0.15) is 4.98 Å². The summed E-state index contributed by atoms with van der Waals surface area (Å²) < 4.78 is 0. The number of nitrogens with one attached hydrogen (secondary N) is 1. The normalized spacial score (nSPS) is 14.2. The molecule has 110 valence electrons. The summed E-state index contributed by atoms with van der Waals surface area (Å²) in [5, 5.41) is 14.3. The zero-order chi connectivity index (χ0) is 14.7. The van der Waals surface area contributed by atoms with Crippen LogP contribution in [0.5, 0.6) is 0 Å². The largest absolute Gasteiger partial charge is 0.354 e. The molecule has 7 nitrogen and oxygen atoms in total. The maximum Gasteiger partial charge on any atom is 0.332 e. The first-order chi connectivity index (χ1) is 9.56. The van der Waals surface area contributed by atoms with E-state index >= 15 is 0 Å². The van der Waals surface area contributed by atoms with E-state index in [0.29, 0.717) is 36.5 Å². The third-order valence-corrected chi connectivity index (χ3v) is 3.41. The van der Waals surface area contributed by atoms with Crippen molar-refractivity contribution in [1.29, 1.82) is 0 Å². The number of hydrogen-bond acceptors (Lipinski definition) is 6. The average Bonchev–Trinajstić information content (AvgIpc) is 3.19. The Kier molecular flexibility index (Phi) is 4.36. The van der Waals surface area contributed by atoms with Crippen molar-refractivity contribution in [3.8, 4) is 0 Å². The molecule has 0 unspecified atom stereocenters. The average molecular weight is 279 g/mol. The Morgan fingerprint density at radius 3 is 2.60 bits per heavy atom. The fourth-order valence-electron chi connectivity index (χ4n) is 2.20. The zero-order valence-corrected chi connectivity index (χ0v) is 12.2. The molecule has 1 aromatic heterocycles. The molecule has 0 saturated heterocycles. The fraction of sp³-hybridized carbons (Fsp3) is 0.692. The lowest BCUT2D eigenvalue weighted by molar-refractivity contribution is -0.385. The van der Waals surface area contributed by atoms with Crippen molar-refractivity contribution in [3.63, 3.8) is 0 Å². The van der Waals surface area contributed by atoms with Gasteiger partial charge in [-0.15, -0.1) is 0 Å². The minimum atomic E-state index is -0.379. The van der Waals surface area contributed by atoms with Gasteiger partial charge in [-0.3, -0.25) is 10.1 Å². The number of aryl methyl sites for hydroxylation is 1. The van der Waals surface area contributed by atoms with Gasteiger partial charge in [0.1, 0.15) is 5.69 Å². The monoisotopic (exact) mass is 279 g/mol. The van der Waals surface area contributed by atoms with Crippen LogP contribution in [0, 0.1) is 23.0 Å². The van der Waals surface area contributed by atoms with E-state index in [1.165, 1.54) is 12.8 Å². The number of aromatic nitrogens is 2. The van der Waals surface area contributed by atoms with Crippen LogP contribution in [0.4, 0.5) is 17.5 Å². The second-order valence-electron chi connectivity index (χ2n) is 5.07. The van der Waals surface area contributed by atoms with Gasteiger partial charge in [-0.1, -0.05) is 0 Å². The van der Waals surface area contributed by atoms with Crippen LogP contribution < -0.4 is 10.2 Å². The molecule has 1 saturated carbocycles. The van der Waals surface area contributed by atoms with Gasteiger partial charge in [-0.05, 0) is 39.5 Å². The highest BCUT2D eigenvalue weighted by Gasteiger charge is 2.30. The van der Waals surface area contributed by atoms with E-state index < -0.39 is 0 Å². The predicted molar refractivity (Wildman–Crippen MR) is 78.2 cm³/mol. The van der Waals surface area contributed by atoms with E-state index in [1.54, 1.807) is 6.92 Å². The van der Waals surface area contributed by atoms with Gasteiger partial charge in [0.15, 0.2) is 0 Å². The Hall–Kier alpha value is -1.92. The van der Waals surface area contributed by atoms with Crippen LogP contribution in [-0.2, 0) is 0 Å². The number of nitro groups is 1. The minimum Gasteiger partial charge on any atom is -0.354 e. The molecule has 0 aromatic carbocycles. The summed E-state index contributed by atoms with van der Waals surface area (Å²) in [5.74, 6) is 1.54. The van der Waals surface area contributed by atoms with Crippen molar-refractivity contribution in [1.82, 2.24) is 9.97 Å². The zero-order valence-electron chi connectivity index (χ0n) is 12.2. The Bertz CT molecular complexity index is 502. The molecule has 7 heteroatoms. The van der Waals surface area contributed by atoms with Gasteiger partial charge in [0.25, 0.3) is 0 Å². The molecule has 1 aromatic rings. The van der Waals surface area contributed by atoms with Gasteiger partial charge < -0.3 is 10.2 Å². The van der Waals surface area contributed by atoms with Crippen molar-refractivity contribution < 1.29 is 4.92 Å². The molecule has 1 aliphatic rings. The molecular weight excluding hydrogens is 258 g/mol. The lowest BCUT2D eigenvalue weighted by Crippen LogP contribution is -2.28. The maximum absolute atomic E-state index is 11.3. The van der Waals surface area contributed by atoms with Crippen molar-refractivity contribution in [2.45, 2.75) is 33.6 Å². The number of anilines is 2. The van der Waals surface area contributed by atoms with Crippen LogP contribution in [0.1, 0.15) is 32.4 Å². The Labute approximate surface area is 118 Å². The van der Waals surface area contributed by atoms with E-state index in [9.17, 15) is 10.1 Å². The van der Waals surface area contributed by atoms with E-state index in [-0.39, 0.29) is 10.6 Å². The quantitative estimate of drug-likeness (QED) is 0.609. The topological polar surface area (TPSA) is 84.2 Å². The van der Waals surface area contributed by atoms with Gasteiger partial charge in [0.05, 0.1) is 4.92 Å². The van der Waals surface area contributed by atoms with Crippen LogP contribution in [0.25, 0.3) is 0 Å². The predicted octanol–water partition coefficient (Wildman–Crippen LogP) is 2.36. The summed E-state index contributed by atoms with van der Waals surface area (Å²) in [6, 6.07) is 0. The number of hydrogen-bond donors (Lipinski definition) is 1. The first-order valence-corrected chi connectivity index (χ1v) is 7.08. The minimum absolute atomic E-state index is 0.0224. The lowest BCUT2D eigenvalue weighted by Gasteiger charge is -2.22. The second kappa shape index (κ2) is 6.02. The van der Waals surface area contributed by atoms with Crippen LogP contribution in [0.2, 0.25) is 0 Å². The highest BCUT2D eigenvalue weighted by molar-refractivity contribution is 5.62. The molecule has 0 amide bonds. The molecular formula is C13H21N5O2. The molecule has 0 radical (unpaired) electrons. The van der Waals surface area contributed by atoms with E-state index in [1.807, 2.05) is 18.7 Å². The van der Waals surface area contributed by atoms with Crippen LogP contribution >= 0.6 is 0 Å². The molecule has 0 aliphatic heterocycles. The van der Waals surface area contributed by atoms with Crippen molar-refractivity contribution in [2.75, 3.05) is 29.9 Å². The third-order valence-electron chi connectivity index (χ3n) is 3.41. The SMILES string of the molecule is CCNc1nc(C)c([N+](=O)[O-])c(N(CC)CC2CC2)n1. The summed E-state index contributed by atoms with van der Waals surface area (Å²) in [5.41, 5.74) is 0.430. The molecule has 20 heavy (non-hydrogen) atoms. The molecule has 1 aliphatic carbocycles. The lowest BCUT2D eigenvalue weighted by atomic mass is 10.3. The number of nitrogens with zero attached hydrogens (tertiary/aromatic N) is 4. The summed E-state index contributed by atoms with van der Waals surface area (Å²) >= 11 is 0. The summed E-state index contributed by atoms with van der Waals surface area (Å²) in [7, 11) is 0. The van der Waals surface area contributed by atoms with Crippen LogP contribution in [-0.4, -0.2) is 34.5 Å². The van der Waals surface area contributed by atoms with Crippen LogP contribution in [0.15, 0.2) is 0 Å².